The fourth-order valence-electron chi connectivity index (χ4n) is 4.39. The van der Waals surface area contributed by atoms with Crippen LogP contribution in [0.15, 0.2) is 12.3 Å². The van der Waals surface area contributed by atoms with E-state index < -0.39 is 5.60 Å². The molecule has 2 aliphatic rings. The van der Waals surface area contributed by atoms with E-state index in [9.17, 15) is 4.79 Å². The van der Waals surface area contributed by atoms with E-state index in [1.54, 1.807) is 14.0 Å². The summed E-state index contributed by atoms with van der Waals surface area (Å²) < 4.78 is 11.1. The van der Waals surface area contributed by atoms with Crippen LogP contribution in [0.3, 0.4) is 0 Å². The average molecular weight is 360 g/mol. The lowest BCUT2D eigenvalue weighted by molar-refractivity contribution is -0.171. The number of aromatic nitrogens is 1. The van der Waals surface area contributed by atoms with Crippen molar-refractivity contribution in [1.29, 1.82) is 0 Å². The van der Waals surface area contributed by atoms with E-state index >= 15 is 0 Å². The van der Waals surface area contributed by atoms with Crippen LogP contribution in [0.5, 0.6) is 0 Å². The molecule has 2 aliphatic carbocycles. The summed E-state index contributed by atoms with van der Waals surface area (Å²) in [5.41, 5.74) is 2.95. The molecule has 0 spiro atoms. The van der Waals surface area contributed by atoms with Crippen LogP contribution in [0, 0.1) is 17.8 Å². The number of hydrogen-bond acceptors (Lipinski definition) is 4. The lowest BCUT2D eigenvalue weighted by Gasteiger charge is -2.35. The van der Waals surface area contributed by atoms with E-state index in [0.717, 1.165) is 30.4 Å². The number of carbonyl (C=O) groups excluding carboxylic acids is 1. The lowest BCUT2D eigenvalue weighted by Crippen LogP contribution is -2.48. The van der Waals surface area contributed by atoms with Crippen molar-refractivity contribution in [3.8, 4) is 0 Å². The van der Waals surface area contributed by atoms with Crippen LogP contribution in [0.1, 0.15) is 63.3 Å². The van der Waals surface area contributed by atoms with Crippen LogP contribution in [0.4, 0.5) is 0 Å². The van der Waals surface area contributed by atoms with Crippen LogP contribution in [0.2, 0.25) is 0 Å². The van der Waals surface area contributed by atoms with Gasteiger partial charge >= 0.3 is 0 Å². The predicted molar refractivity (Wildman–Crippen MR) is 102 cm³/mol. The number of Topliss-reactive ketones (excluding diaryl/α,β-unsaturated/α-hetero) is 1. The zero-order valence-corrected chi connectivity index (χ0v) is 16.7. The summed E-state index contributed by atoms with van der Waals surface area (Å²) in [6, 6.07) is 2.16. The third-order valence-corrected chi connectivity index (χ3v) is 6.32. The number of rotatable bonds is 10. The molecule has 144 valence electrons. The fraction of sp³-hybridized carbons (Fsp3) is 0.727. The molecule has 26 heavy (non-hydrogen) atoms. The molecule has 1 aromatic heterocycles. The number of carbonyl (C=O) groups is 1. The largest absolute Gasteiger partial charge is 0.359 e. The van der Waals surface area contributed by atoms with E-state index in [4.69, 9.17) is 9.47 Å². The van der Waals surface area contributed by atoms with Crippen molar-refractivity contribution in [2.24, 2.45) is 17.8 Å². The molecule has 0 aromatic carbocycles. The molecule has 3 rings (SSSR count). The average Bonchev–Trinajstić information content (AvgIpc) is 3.34. The Morgan fingerprint density at radius 2 is 2.00 bits per heavy atom. The SMILES string of the molecule is COCOC(Cc1nccc2c1C[C@H](CCC1CC1)C2)(C(C)=O)C(C)C. The van der Waals surface area contributed by atoms with Gasteiger partial charge in [-0.25, -0.2) is 0 Å². The summed E-state index contributed by atoms with van der Waals surface area (Å²) in [5, 5.41) is 0. The first-order valence-corrected chi connectivity index (χ1v) is 10.1. The summed E-state index contributed by atoms with van der Waals surface area (Å²) in [4.78, 5) is 17.2. The number of ketones is 1. The van der Waals surface area contributed by atoms with E-state index in [2.05, 4.69) is 11.1 Å². The number of nitrogens with zero attached hydrogens (tertiary/aromatic N) is 1. The highest BCUT2D eigenvalue weighted by atomic mass is 16.7. The summed E-state index contributed by atoms with van der Waals surface area (Å²) in [6.45, 7) is 5.82. The summed E-state index contributed by atoms with van der Waals surface area (Å²) in [6.07, 6.45) is 10.2. The third-order valence-electron chi connectivity index (χ3n) is 6.32. The summed E-state index contributed by atoms with van der Waals surface area (Å²) >= 11 is 0. The van der Waals surface area contributed by atoms with Gasteiger partial charge in [0.05, 0.1) is 0 Å². The van der Waals surface area contributed by atoms with Gasteiger partial charge in [0.15, 0.2) is 5.78 Å². The Labute approximate surface area is 157 Å². The molecule has 0 saturated heterocycles. The van der Waals surface area contributed by atoms with Gasteiger partial charge in [0.1, 0.15) is 12.4 Å². The molecule has 0 bridgehead atoms. The van der Waals surface area contributed by atoms with Gasteiger partial charge in [-0.15, -0.1) is 0 Å². The Kier molecular flexibility index (Phi) is 6.13. The van der Waals surface area contributed by atoms with Crippen molar-refractivity contribution >= 4 is 5.78 Å². The van der Waals surface area contributed by atoms with Gasteiger partial charge in [-0.3, -0.25) is 9.78 Å². The standard InChI is InChI=1S/C22H33NO3/c1-15(2)22(16(3)24,26-14-25-4)13-21-20-12-18(8-7-17-5-6-17)11-19(20)9-10-23-21/h9-10,15,17-18H,5-8,11-14H2,1-4H3/t18-,22?/m1/s1. The minimum absolute atomic E-state index is 0.0484. The zero-order valence-electron chi connectivity index (χ0n) is 16.7. The molecule has 0 aliphatic heterocycles. The number of methoxy groups -OCH3 is 1. The first-order chi connectivity index (χ1) is 12.5. The normalized spacial score (nSPS) is 21.7. The van der Waals surface area contributed by atoms with Gasteiger partial charge in [0.2, 0.25) is 0 Å². The van der Waals surface area contributed by atoms with Crippen molar-refractivity contribution in [2.75, 3.05) is 13.9 Å². The molecule has 1 saturated carbocycles. The third kappa shape index (κ3) is 4.17. The molecule has 4 nitrogen and oxygen atoms in total. The number of fused-ring (bicyclic) bond motifs is 1. The molecule has 1 heterocycles. The Balaban J connectivity index is 1.78. The molecule has 4 heteroatoms. The zero-order chi connectivity index (χ0) is 18.7. The van der Waals surface area contributed by atoms with Gasteiger partial charge in [-0.05, 0) is 61.1 Å². The quantitative estimate of drug-likeness (QED) is 0.589. The lowest BCUT2D eigenvalue weighted by atomic mass is 9.81. The molecule has 0 radical (unpaired) electrons. The molecular formula is C22H33NO3. The first-order valence-electron chi connectivity index (χ1n) is 10.1. The predicted octanol–water partition coefficient (Wildman–Crippen LogP) is 4.13. The second-order valence-electron chi connectivity index (χ2n) is 8.52. The summed E-state index contributed by atoms with van der Waals surface area (Å²) in [7, 11) is 1.59. The van der Waals surface area contributed by atoms with Crippen LogP contribution >= 0.6 is 0 Å². The van der Waals surface area contributed by atoms with Gasteiger partial charge in [-0.2, -0.15) is 0 Å². The topological polar surface area (TPSA) is 48.4 Å². The minimum atomic E-state index is -0.871. The van der Waals surface area contributed by atoms with Crippen molar-refractivity contribution in [1.82, 2.24) is 4.98 Å². The molecular weight excluding hydrogens is 326 g/mol. The number of pyridine rings is 1. The fourth-order valence-corrected chi connectivity index (χ4v) is 4.39. The van der Waals surface area contributed by atoms with Gasteiger partial charge in [-0.1, -0.05) is 33.1 Å². The summed E-state index contributed by atoms with van der Waals surface area (Å²) in [5.74, 6) is 1.83. The Hall–Kier alpha value is -1.26. The molecule has 0 N–H and O–H groups in total. The maximum atomic E-state index is 12.6. The van der Waals surface area contributed by atoms with E-state index in [1.807, 2.05) is 20.0 Å². The second kappa shape index (κ2) is 8.18. The van der Waals surface area contributed by atoms with Gasteiger partial charge < -0.3 is 9.47 Å². The number of ether oxygens (including phenoxy) is 2. The van der Waals surface area contributed by atoms with Crippen LogP contribution in [0.25, 0.3) is 0 Å². The molecule has 1 unspecified atom stereocenters. The highest BCUT2D eigenvalue weighted by Crippen LogP contribution is 2.39. The van der Waals surface area contributed by atoms with Crippen molar-refractivity contribution in [3.63, 3.8) is 0 Å². The van der Waals surface area contributed by atoms with Crippen LogP contribution in [-0.4, -0.2) is 30.3 Å². The molecule has 0 amide bonds. The number of hydrogen-bond donors (Lipinski definition) is 0. The Morgan fingerprint density at radius 1 is 1.27 bits per heavy atom. The first kappa shape index (κ1) is 19.5. The maximum Gasteiger partial charge on any atom is 0.162 e. The second-order valence-corrected chi connectivity index (χ2v) is 8.52. The van der Waals surface area contributed by atoms with E-state index in [0.29, 0.717) is 6.42 Å². The maximum absolute atomic E-state index is 12.6. The Bertz CT molecular complexity index is 638. The van der Waals surface area contributed by atoms with Crippen molar-refractivity contribution < 1.29 is 14.3 Å². The van der Waals surface area contributed by atoms with Crippen LogP contribution < -0.4 is 0 Å². The van der Waals surface area contributed by atoms with Gasteiger partial charge in [0.25, 0.3) is 0 Å². The smallest absolute Gasteiger partial charge is 0.162 e. The minimum Gasteiger partial charge on any atom is -0.359 e. The van der Waals surface area contributed by atoms with Crippen LogP contribution in [-0.2, 0) is 33.5 Å². The van der Waals surface area contributed by atoms with Crippen molar-refractivity contribution in [3.05, 3.63) is 29.1 Å². The van der Waals surface area contributed by atoms with E-state index in [-0.39, 0.29) is 18.5 Å². The van der Waals surface area contributed by atoms with E-state index in [1.165, 1.54) is 36.8 Å². The molecule has 2 atom stereocenters. The Morgan fingerprint density at radius 3 is 2.62 bits per heavy atom. The van der Waals surface area contributed by atoms with Crippen molar-refractivity contribution in [2.45, 2.75) is 71.3 Å². The molecule has 1 fully saturated rings. The monoisotopic (exact) mass is 359 g/mol. The van der Waals surface area contributed by atoms with Gasteiger partial charge in [0, 0.05) is 25.4 Å². The highest BCUT2D eigenvalue weighted by Gasteiger charge is 2.42. The molecule has 1 aromatic rings. The highest BCUT2D eigenvalue weighted by molar-refractivity contribution is 5.85.